The second-order valence-corrected chi connectivity index (χ2v) is 4.13. The van der Waals surface area contributed by atoms with Gasteiger partial charge in [-0.2, -0.15) is 0 Å². The Morgan fingerprint density at radius 2 is 2.07 bits per heavy atom. The number of phenolic OH excluding ortho intramolecular Hbond substituents is 1. The molecule has 3 nitrogen and oxygen atoms in total. The van der Waals surface area contributed by atoms with Gasteiger partial charge in [-0.15, -0.1) is 0 Å². The zero-order valence-corrected chi connectivity index (χ0v) is 8.37. The number of rotatable bonds is 1. The van der Waals surface area contributed by atoms with E-state index in [4.69, 9.17) is 4.74 Å². The first kappa shape index (κ1) is 9.34. The van der Waals surface area contributed by atoms with Gasteiger partial charge in [0.05, 0.1) is 12.2 Å². The smallest absolute Gasteiger partial charge is 0.123 e. The molecular weight excluding hydrogens is 180 g/mol. The van der Waals surface area contributed by atoms with E-state index in [2.05, 4.69) is 0 Å². The Morgan fingerprint density at radius 3 is 2.71 bits per heavy atom. The van der Waals surface area contributed by atoms with E-state index in [1.807, 2.05) is 0 Å². The highest BCUT2D eigenvalue weighted by Gasteiger charge is 2.24. The van der Waals surface area contributed by atoms with E-state index in [0.717, 1.165) is 17.7 Å². The summed E-state index contributed by atoms with van der Waals surface area (Å²) in [5.74, 6) is 0.918. The Kier molecular flexibility index (Phi) is 1.93. The predicted octanol–water partition coefficient (Wildman–Crippen LogP) is 1.55. The first-order chi connectivity index (χ1) is 6.48. The van der Waals surface area contributed by atoms with Crippen LogP contribution in [0.4, 0.5) is 0 Å². The van der Waals surface area contributed by atoms with Crippen LogP contribution in [0.3, 0.4) is 0 Å². The average molecular weight is 194 g/mol. The molecule has 0 radical (unpaired) electrons. The van der Waals surface area contributed by atoms with E-state index in [9.17, 15) is 10.2 Å². The third kappa shape index (κ3) is 1.44. The molecule has 0 aromatic heterocycles. The van der Waals surface area contributed by atoms with Gasteiger partial charge in [0, 0.05) is 17.5 Å². The lowest BCUT2D eigenvalue weighted by Crippen LogP contribution is -2.15. The molecule has 0 saturated carbocycles. The third-order valence-electron chi connectivity index (χ3n) is 2.47. The van der Waals surface area contributed by atoms with Crippen LogP contribution in [-0.4, -0.2) is 16.8 Å². The van der Waals surface area contributed by atoms with Gasteiger partial charge in [-0.1, -0.05) is 0 Å². The summed E-state index contributed by atoms with van der Waals surface area (Å²) < 4.78 is 5.37. The number of benzene rings is 1. The minimum absolute atomic E-state index is 0.141. The zero-order valence-electron chi connectivity index (χ0n) is 8.37. The molecule has 76 valence electrons. The van der Waals surface area contributed by atoms with E-state index in [-0.39, 0.29) is 5.75 Å². The quantitative estimate of drug-likeness (QED) is 0.713. The summed E-state index contributed by atoms with van der Waals surface area (Å²) in [5.41, 5.74) is 0.485. The van der Waals surface area contributed by atoms with Crippen molar-refractivity contribution in [3.05, 3.63) is 23.3 Å². The number of phenols is 1. The summed E-state index contributed by atoms with van der Waals surface area (Å²) in [6, 6.07) is 3.40. The van der Waals surface area contributed by atoms with Crippen LogP contribution in [-0.2, 0) is 12.0 Å². The second-order valence-electron chi connectivity index (χ2n) is 4.13. The third-order valence-corrected chi connectivity index (χ3v) is 2.47. The van der Waals surface area contributed by atoms with Crippen LogP contribution in [0.1, 0.15) is 25.0 Å². The SMILES string of the molecule is CC(C)(O)c1cc2c(cc1O)CCO2. The molecule has 1 heterocycles. The Labute approximate surface area is 83.0 Å². The van der Waals surface area contributed by atoms with E-state index < -0.39 is 5.60 Å². The lowest BCUT2D eigenvalue weighted by molar-refractivity contribution is 0.0755. The van der Waals surface area contributed by atoms with E-state index in [1.165, 1.54) is 0 Å². The molecule has 1 aromatic carbocycles. The van der Waals surface area contributed by atoms with Gasteiger partial charge in [-0.3, -0.25) is 0 Å². The van der Waals surface area contributed by atoms with Crippen LogP contribution < -0.4 is 4.74 Å². The van der Waals surface area contributed by atoms with Crippen molar-refractivity contribution in [2.45, 2.75) is 25.9 Å². The number of fused-ring (bicyclic) bond motifs is 1. The number of ether oxygens (including phenoxy) is 1. The normalized spacial score (nSPS) is 15.1. The molecule has 0 amide bonds. The molecule has 0 aliphatic carbocycles. The Hall–Kier alpha value is -1.22. The second kappa shape index (κ2) is 2.89. The molecule has 1 aliphatic rings. The number of hydrogen-bond acceptors (Lipinski definition) is 3. The topological polar surface area (TPSA) is 49.7 Å². The van der Waals surface area contributed by atoms with E-state index in [0.29, 0.717) is 12.2 Å². The van der Waals surface area contributed by atoms with Crippen molar-refractivity contribution in [1.82, 2.24) is 0 Å². The molecule has 0 saturated heterocycles. The first-order valence-electron chi connectivity index (χ1n) is 4.70. The molecule has 14 heavy (non-hydrogen) atoms. The molecule has 0 fully saturated rings. The predicted molar refractivity (Wildman–Crippen MR) is 52.6 cm³/mol. The Bertz CT molecular complexity index is 364. The van der Waals surface area contributed by atoms with Gasteiger partial charge in [0.2, 0.25) is 0 Å². The highest BCUT2D eigenvalue weighted by Crippen LogP contribution is 2.37. The van der Waals surface area contributed by atoms with Crippen LogP contribution in [0, 0.1) is 0 Å². The van der Waals surface area contributed by atoms with Crippen LogP contribution >= 0.6 is 0 Å². The zero-order chi connectivity index (χ0) is 10.3. The molecule has 0 bridgehead atoms. The fourth-order valence-electron chi connectivity index (χ4n) is 1.70. The van der Waals surface area contributed by atoms with Gasteiger partial charge in [-0.25, -0.2) is 0 Å². The number of hydrogen-bond donors (Lipinski definition) is 2. The first-order valence-corrected chi connectivity index (χ1v) is 4.70. The van der Waals surface area contributed by atoms with Crippen LogP contribution in [0.5, 0.6) is 11.5 Å². The Balaban J connectivity index is 2.53. The molecule has 1 aliphatic heterocycles. The molecule has 2 N–H and O–H groups in total. The molecule has 1 aromatic rings. The highest BCUT2D eigenvalue weighted by molar-refractivity contribution is 5.49. The fourth-order valence-corrected chi connectivity index (χ4v) is 1.70. The minimum atomic E-state index is -1.04. The molecule has 2 rings (SSSR count). The summed E-state index contributed by atoms with van der Waals surface area (Å²) in [6.45, 7) is 3.94. The van der Waals surface area contributed by atoms with Gasteiger partial charge < -0.3 is 14.9 Å². The maximum atomic E-state index is 9.79. The maximum Gasteiger partial charge on any atom is 0.123 e. The number of aliphatic hydroxyl groups is 1. The van der Waals surface area contributed by atoms with Gasteiger partial charge in [-0.05, 0) is 26.0 Å². The lowest BCUT2D eigenvalue weighted by Gasteiger charge is -2.19. The van der Waals surface area contributed by atoms with Gasteiger partial charge in [0.1, 0.15) is 11.5 Å². The van der Waals surface area contributed by atoms with Crippen molar-refractivity contribution in [3.63, 3.8) is 0 Å². The summed E-state index contributed by atoms with van der Waals surface area (Å²) in [5, 5.41) is 19.5. The molecular formula is C11H14O3. The van der Waals surface area contributed by atoms with Crippen molar-refractivity contribution in [3.8, 4) is 11.5 Å². The van der Waals surface area contributed by atoms with Gasteiger partial charge in [0.15, 0.2) is 0 Å². The van der Waals surface area contributed by atoms with Crippen molar-refractivity contribution in [2.75, 3.05) is 6.61 Å². The lowest BCUT2D eigenvalue weighted by atomic mass is 9.95. The standard InChI is InChI=1S/C11H14O3/c1-11(2,13)8-6-10-7(3-4-14-10)5-9(8)12/h5-6,12-13H,3-4H2,1-2H3. The summed E-state index contributed by atoms with van der Waals surface area (Å²) in [4.78, 5) is 0. The van der Waals surface area contributed by atoms with Crippen LogP contribution in [0.25, 0.3) is 0 Å². The van der Waals surface area contributed by atoms with Crippen LogP contribution in [0.2, 0.25) is 0 Å². The van der Waals surface area contributed by atoms with Crippen molar-refractivity contribution >= 4 is 0 Å². The summed E-state index contributed by atoms with van der Waals surface area (Å²) in [7, 11) is 0. The molecule has 0 unspecified atom stereocenters. The van der Waals surface area contributed by atoms with Crippen molar-refractivity contribution < 1.29 is 14.9 Å². The summed E-state index contributed by atoms with van der Waals surface area (Å²) >= 11 is 0. The molecule has 0 atom stereocenters. The van der Waals surface area contributed by atoms with Crippen LogP contribution in [0.15, 0.2) is 12.1 Å². The molecule has 0 spiro atoms. The van der Waals surface area contributed by atoms with E-state index in [1.54, 1.807) is 26.0 Å². The average Bonchev–Trinajstić information content (AvgIpc) is 2.47. The Morgan fingerprint density at radius 1 is 1.36 bits per heavy atom. The van der Waals surface area contributed by atoms with Crippen molar-refractivity contribution in [2.24, 2.45) is 0 Å². The molecule has 3 heteroatoms. The van der Waals surface area contributed by atoms with Crippen molar-refractivity contribution in [1.29, 1.82) is 0 Å². The van der Waals surface area contributed by atoms with Gasteiger partial charge >= 0.3 is 0 Å². The number of aromatic hydroxyl groups is 1. The monoisotopic (exact) mass is 194 g/mol. The maximum absolute atomic E-state index is 9.79. The minimum Gasteiger partial charge on any atom is -0.508 e. The van der Waals surface area contributed by atoms with Gasteiger partial charge in [0.25, 0.3) is 0 Å². The summed E-state index contributed by atoms with van der Waals surface area (Å²) in [6.07, 6.45) is 0.828. The highest BCUT2D eigenvalue weighted by atomic mass is 16.5. The van der Waals surface area contributed by atoms with E-state index >= 15 is 0 Å². The largest absolute Gasteiger partial charge is 0.508 e. The fraction of sp³-hybridized carbons (Fsp3) is 0.455.